The van der Waals surface area contributed by atoms with Crippen molar-refractivity contribution in [2.45, 2.75) is 6.10 Å². The van der Waals surface area contributed by atoms with E-state index in [9.17, 15) is 4.79 Å². The van der Waals surface area contributed by atoms with Crippen LogP contribution in [0.15, 0.2) is 60.8 Å². The number of aromatic amines is 2. The molecule has 178 valence electrons. The van der Waals surface area contributed by atoms with Crippen LogP contribution in [0.1, 0.15) is 11.7 Å². The van der Waals surface area contributed by atoms with Crippen LogP contribution >= 0.6 is 11.6 Å². The zero-order valence-corrected chi connectivity index (χ0v) is 19.8. The molecule has 1 unspecified atom stereocenters. The first-order valence-electron chi connectivity index (χ1n) is 10.6. The molecule has 0 spiro atoms. The number of amides is 1. The van der Waals surface area contributed by atoms with Gasteiger partial charge in [0.1, 0.15) is 12.4 Å². The highest BCUT2D eigenvalue weighted by Gasteiger charge is 2.22. The van der Waals surface area contributed by atoms with Gasteiger partial charge in [-0.1, -0.05) is 35.7 Å². The molecule has 8 nitrogen and oxygen atoms in total. The Morgan fingerprint density at radius 2 is 1.89 bits per heavy atom. The van der Waals surface area contributed by atoms with E-state index in [1.165, 1.54) is 0 Å². The van der Waals surface area contributed by atoms with Crippen LogP contribution in [0.4, 0.5) is 5.82 Å². The molecule has 4 rings (SSSR count). The fourth-order valence-electron chi connectivity index (χ4n) is 3.62. The summed E-state index contributed by atoms with van der Waals surface area (Å²) in [6.45, 7) is -0.0144. The van der Waals surface area contributed by atoms with Gasteiger partial charge >= 0.3 is 0 Å². The first kappa shape index (κ1) is 24.0. The highest BCUT2D eigenvalue weighted by atomic mass is 35.5. The number of hydrogen-bond donors (Lipinski definition) is 3. The number of aromatic nitrogens is 3. The molecule has 3 N–H and O–H groups in total. The zero-order valence-electron chi connectivity index (χ0n) is 19.1. The van der Waals surface area contributed by atoms with Crippen LogP contribution in [0.5, 0.6) is 11.5 Å². The van der Waals surface area contributed by atoms with Gasteiger partial charge in [0.25, 0.3) is 5.91 Å². The van der Waals surface area contributed by atoms with E-state index in [0.717, 1.165) is 22.5 Å². The van der Waals surface area contributed by atoms with Gasteiger partial charge < -0.3 is 24.5 Å². The molecule has 4 aromatic rings. The van der Waals surface area contributed by atoms with Crippen molar-refractivity contribution in [1.29, 1.82) is 0 Å². The van der Waals surface area contributed by atoms with Gasteiger partial charge in [0.15, 0.2) is 17.6 Å². The smallest absolute Gasteiger partial charge is 0.259 e. The van der Waals surface area contributed by atoms with Crippen LogP contribution in [0.3, 0.4) is 0 Å². The summed E-state index contributed by atoms with van der Waals surface area (Å²) in [5, 5.41) is 10.6. The average molecular weight is 491 g/mol. The Balaban J connectivity index is 1.56. The van der Waals surface area contributed by atoms with Crippen LogP contribution in [-0.4, -0.2) is 41.9 Å². The molecule has 0 aliphatic rings. The Bertz CT molecular complexity index is 1350. The lowest BCUT2D eigenvalue weighted by molar-refractivity contribution is -0.127. The van der Waals surface area contributed by atoms with Crippen molar-refractivity contribution in [3.63, 3.8) is 0 Å². The lowest BCUT2D eigenvalue weighted by Crippen LogP contribution is -2.24. The Morgan fingerprint density at radius 3 is 2.60 bits per heavy atom. The normalized spacial score (nSPS) is 11.5. The summed E-state index contributed by atoms with van der Waals surface area (Å²) in [7, 11) is 3.17. The number of methoxy groups -OCH3 is 2. The molecule has 35 heavy (non-hydrogen) atoms. The van der Waals surface area contributed by atoms with Gasteiger partial charge in [-0.3, -0.25) is 9.89 Å². The molecule has 0 aliphatic heterocycles. The first-order chi connectivity index (χ1) is 17.0. The fraction of sp³-hybridized carbons (Fsp3) is 0.154. The van der Waals surface area contributed by atoms with Crippen LogP contribution in [-0.2, 0) is 9.53 Å². The van der Waals surface area contributed by atoms with Gasteiger partial charge in [-0.25, -0.2) is 0 Å². The predicted octanol–water partition coefficient (Wildman–Crippen LogP) is 5.07. The second kappa shape index (κ2) is 10.8. The molecule has 1 amide bonds. The maximum Gasteiger partial charge on any atom is 0.259 e. The maximum absolute atomic E-state index is 13.0. The average Bonchev–Trinajstić information content (AvgIpc) is 3.54. The van der Waals surface area contributed by atoms with Crippen LogP contribution in [0.25, 0.3) is 22.5 Å². The number of anilines is 1. The molecule has 9 heteroatoms. The van der Waals surface area contributed by atoms with E-state index >= 15 is 0 Å². The molecule has 0 saturated heterocycles. The quantitative estimate of drug-likeness (QED) is 0.284. The monoisotopic (exact) mass is 490 g/mol. The highest BCUT2D eigenvalue weighted by molar-refractivity contribution is 6.30. The molecule has 2 aromatic carbocycles. The minimum Gasteiger partial charge on any atom is -0.493 e. The molecular weight excluding hydrogens is 468 g/mol. The number of rotatable bonds is 9. The Kier molecular flexibility index (Phi) is 7.41. The summed E-state index contributed by atoms with van der Waals surface area (Å²) in [6, 6.07) is 16.1. The number of terminal acetylenes is 1. The summed E-state index contributed by atoms with van der Waals surface area (Å²) in [5.41, 5.74) is 3.85. The van der Waals surface area contributed by atoms with E-state index < -0.39 is 6.10 Å². The van der Waals surface area contributed by atoms with Crippen molar-refractivity contribution in [2.75, 3.05) is 26.1 Å². The van der Waals surface area contributed by atoms with Gasteiger partial charge in [-0.05, 0) is 47.5 Å². The minimum atomic E-state index is -0.899. The van der Waals surface area contributed by atoms with Gasteiger partial charge in [0, 0.05) is 10.6 Å². The predicted molar refractivity (Wildman–Crippen MR) is 135 cm³/mol. The molecule has 0 saturated carbocycles. The lowest BCUT2D eigenvalue weighted by atomic mass is 10.0. The van der Waals surface area contributed by atoms with Gasteiger partial charge in [-0.2, -0.15) is 5.10 Å². The summed E-state index contributed by atoms with van der Waals surface area (Å²) in [6.07, 6.45) is 6.15. The maximum atomic E-state index is 13.0. The van der Waals surface area contributed by atoms with Gasteiger partial charge in [0.2, 0.25) is 0 Å². The second-order valence-corrected chi connectivity index (χ2v) is 7.89. The largest absolute Gasteiger partial charge is 0.493 e. The molecule has 0 radical (unpaired) electrons. The third-order valence-electron chi connectivity index (χ3n) is 5.29. The molecule has 1 atom stereocenters. The first-order valence-corrected chi connectivity index (χ1v) is 11.0. The van der Waals surface area contributed by atoms with E-state index in [4.69, 9.17) is 32.2 Å². The Morgan fingerprint density at radius 1 is 1.11 bits per heavy atom. The number of nitrogens with one attached hydrogen (secondary N) is 3. The van der Waals surface area contributed by atoms with Crippen molar-refractivity contribution >= 4 is 23.3 Å². The van der Waals surface area contributed by atoms with Crippen molar-refractivity contribution in [2.24, 2.45) is 0 Å². The Labute approximate surface area is 207 Å². The summed E-state index contributed by atoms with van der Waals surface area (Å²) in [5.74, 6) is 3.75. The molecule has 0 aliphatic carbocycles. The van der Waals surface area contributed by atoms with Crippen molar-refractivity contribution in [3.8, 4) is 46.4 Å². The number of H-pyrrole nitrogens is 2. The van der Waals surface area contributed by atoms with E-state index in [1.54, 1.807) is 50.7 Å². The fourth-order valence-corrected chi connectivity index (χ4v) is 3.74. The number of halogens is 1. The number of ether oxygens (including phenoxy) is 3. The zero-order chi connectivity index (χ0) is 24.8. The molecule has 0 fully saturated rings. The van der Waals surface area contributed by atoms with Crippen molar-refractivity contribution in [3.05, 3.63) is 71.4 Å². The lowest BCUT2D eigenvalue weighted by Gasteiger charge is -2.16. The summed E-state index contributed by atoms with van der Waals surface area (Å²) in [4.78, 5) is 16.2. The SMILES string of the molecule is C#CCOC(C(=O)Nc1ccc(-c2[nH]ncc2-c2ccc(OC)c(OC)c2)[nH]1)c1ccc(Cl)cc1. The number of nitrogens with zero attached hydrogens (tertiary/aromatic N) is 1. The number of benzene rings is 2. The van der Waals surface area contributed by atoms with Crippen molar-refractivity contribution in [1.82, 2.24) is 15.2 Å². The van der Waals surface area contributed by atoms with Crippen LogP contribution in [0.2, 0.25) is 5.02 Å². The number of carbonyl (C=O) groups is 1. The molecule has 0 bridgehead atoms. The number of hydrogen-bond acceptors (Lipinski definition) is 5. The van der Waals surface area contributed by atoms with Gasteiger partial charge in [0.05, 0.1) is 31.8 Å². The summed E-state index contributed by atoms with van der Waals surface area (Å²) < 4.78 is 16.3. The number of carbonyl (C=O) groups excluding carboxylic acids is 1. The topological polar surface area (TPSA) is 101 Å². The van der Waals surface area contributed by atoms with Crippen molar-refractivity contribution < 1.29 is 19.0 Å². The third kappa shape index (κ3) is 5.32. The standard InChI is InChI=1S/C26H23ClN4O4/c1-4-13-35-25(16-5-8-18(27)9-6-16)26(32)30-23-12-10-20(29-23)24-19(15-28-31-24)17-7-11-21(33-2)22(14-17)34-3/h1,5-12,14-15,25,29H,13H2,2-3H3,(H,28,31)(H,30,32). The molecule has 2 aromatic heterocycles. The highest BCUT2D eigenvalue weighted by Crippen LogP contribution is 2.36. The van der Waals surface area contributed by atoms with E-state index in [-0.39, 0.29) is 12.5 Å². The van der Waals surface area contributed by atoms with E-state index in [1.807, 2.05) is 24.3 Å². The minimum absolute atomic E-state index is 0.0144. The van der Waals surface area contributed by atoms with E-state index in [0.29, 0.717) is 27.9 Å². The van der Waals surface area contributed by atoms with E-state index in [2.05, 4.69) is 26.4 Å². The second-order valence-electron chi connectivity index (χ2n) is 7.45. The molecule has 2 heterocycles. The van der Waals surface area contributed by atoms with Crippen LogP contribution < -0.4 is 14.8 Å². The Hall–Kier alpha value is -4.19. The van der Waals surface area contributed by atoms with Crippen LogP contribution in [0, 0.1) is 12.3 Å². The van der Waals surface area contributed by atoms with Gasteiger partial charge in [-0.15, -0.1) is 6.42 Å². The molecular formula is C26H23ClN4O4. The summed E-state index contributed by atoms with van der Waals surface area (Å²) >= 11 is 5.97. The third-order valence-corrected chi connectivity index (χ3v) is 5.54.